The lowest BCUT2D eigenvalue weighted by Gasteiger charge is -2.34. The molecular weight excluding hydrogens is 438 g/mol. The minimum absolute atomic E-state index is 0.0583. The maximum atomic E-state index is 12.3. The minimum Gasteiger partial charge on any atom is -0.419 e. The summed E-state index contributed by atoms with van der Waals surface area (Å²) in [6.07, 6.45) is 2.90. The van der Waals surface area contributed by atoms with Crippen molar-refractivity contribution in [2.24, 2.45) is 21.1 Å². The topological polar surface area (TPSA) is 168 Å². The molecule has 12 nitrogen and oxygen atoms in total. The van der Waals surface area contributed by atoms with Crippen LogP contribution in [0.15, 0.2) is 25.8 Å². The van der Waals surface area contributed by atoms with Gasteiger partial charge in [-0.1, -0.05) is 20.8 Å². The van der Waals surface area contributed by atoms with E-state index in [1.807, 2.05) is 20.8 Å². The summed E-state index contributed by atoms with van der Waals surface area (Å²) in [7, 11) is 0. The Morgan fingerprint density at radius 1 is 1.21 bits per heavy atom. The van der Waals surface area contributed by atoms with Crippen LogP contribution in [0.25, 0.3) is 11.6 Å². The molecule has 0 radical (unpaired) electrons. The number of likely N-dealkylation sites (tertiary alicyclic amines) is 1. The number of nitrogen functional groups attached to an aromatic ring is 1. The third-order valence-corrected chi connectivity index (χ3v) is 5.91. The van der Waals surface area contributed by atoms with Crippen molar-refractivity contribution in [2.75, 3.05) is 18.8 Å². The Labute approximate surface area is 197 Å². The van der Waals surface area contributed by atoms with Gasteiger partial charge in [0.05, 0.1) is 6.20 Å². The molecule has 3 N–H and O–H groups in total. The second-order valence-electron chi connectivity index (χ2n) is 10.5. The summed E-state index contributed by atoms with van der Waals surface area (Å²) in [6.45, 7) is 11.8. The molecule has 2 aromatic rings. The molecule has 12 heteroatoms. The molecule has 2 aromatic heterocycles. The van der Waals surface area contributed by atoms with E-state index in [2.05, 4.69) is 30.4 Å². The Morgan fingerprint density at radius 3 is 2.47 bits per heavy atom. The highest BCUT2D eigenvalue weighted by Gasteiger charge is 2.38. The highest BCUT2D eigenvalue weighted by atomic mass is 16.4. The number of amidine groups is 1. The molecule has 1 amide bonds. The van der Waals surface area contributed by atoms with Gasteiger partial charge in [0.1, 0.15) is 11.3 Å². The zero-order chi connectivity index (χ0) is 24.9. The second-order valence-corrected chi connectivity index (χ2v) is 10.5. The van der Waals surface area contributed by atoms with E-state index >= 15 is 0 Å². The van der Waals surface area contributed by atoms with Crippen LogP contribution in [0.1, 0.15) is 66.0 Å². The summed E-state index contributed by atoms with van der Waals surface area (Å²) in [6, 6.07) is 0. The monoisotopic (exact) mass is 469 g/mol. The number of aliphatic imine (C=N–C) groups is 1. The van der Waals surface area contributed by atoms with E-state index in [0.717, 1.165) is 0 Å². The number of nitrogens with zero attached hydrogens (tertiary/aromatic N) is 8. The molecule has 1 unspecified atom stereocenters. The standard InChI is InChI=1S/C22H31N9O3/c1-20(2,3)18-29-28-17(34-18)14-15(23)24-11-13(25-14)22(6)26-16(27-30-22)12-7-9-31(10-8-12)19(32)21(4,5)33/h11-12,33H,7-10H2,1-6H3,(H2,23,24). The maximum Gasteiger partial charge on any atom is 0.270 e. The van der Waals surface area contributed by atoms with E-state index in [0.29, 0.717) is 43.4 Å². The van der Waals surface area contributed by atoms with Gasteiger partial charge >= 0.3 is 0 Å². The number of hydrogen-bond acceptors (Lipinski definition) is 11. The predicted octanol–water partition coefficient (Wildman–Crippen LogP) is 2.45. The Kier molecular flexibility index (Phi) is 5.75. The Hall–Kier alpha value is -3.28. The van der Waals surface area contributed by atoms with Crippen molar-refractivity contribution in [1.29, 1.82) is 0 Å². The molecular formula is C22H31N9O3. The van der Waals surface area contributed by atoms with Gasteiger partial charge in [0, 0.05) is 24.4 Å². The van der Waals surface area contributed by atoms with Crippen LogP contribution in [0.3, 0.4) is 0 Å². The van der Waals surface area contributed by atoms with Crippen molar-refractivity contribution in [1.82, 2.24) is 25.1 Å². The maximum absolute atomic E-state index is 12.3. The van der Waals surface area contributed by atoms with Crippen molar-refractivity contribution < 1.29 is 14.3 Å². The van der Waals surface area contributed by atoms with E-state index in [4.69, 9.17) is 15.1 Å². The molecule has 4 heterocycles. The van der Waals surface area contributed by atoms with E-state index in [1.165, 1.54) is 20.0 Å². The molecule has 1 saturated heterocycles. The Morgan fingerprint density at radius 2 is 1.88 bits per heavy atom. The molecule has 4 rings (SSSR count). The number of anilines is 1. The molecule has 0 bridgehead atoms. The van der Waals surface area contributed by atoms with Gasteiger partial charge in [0.15, 0.2) is 17.3 Å². The van der Waals surface area contributed by atoms with Gasteiger partial charge in [-0.15, -0.1) is 15.3 Å². The smallest absolute Gasteiger partial charge is 0.270 e. The molecule has 1 fully saturated rings. The summed E-state index contributed by atoms with van der Waals surface area (Å²) < 4.78 is 5.79. The minimum atomic E-state index is -1.38. The number of aromatic nitrogens is 4. The molecule has 0 aromatic carbocycles. The van der Waals surface area contributed by atoms with Crippen molar-refractivity contribution in [3.05, 3.63) is 17.8 Å². The first-order valence-electron chi connectivity index (χ1n) is 11.3. The summed E-state index contributed by atoms with van der Waals surface area (Å²) >= 11 is 0. The second kappa shape index (κ2) is 8.19. The number of nitrogens with two attached hydrogens (primary N) is 1. The Bertz CT molecular complexity index is 1150. The van der Waals surface area contributed by atoms with Gasteiger partial charge in [-0.2, -0.15) is 5.11 Å². The number of piperidine rings is 1. The first-order valence-corrected chi connectivity index (χ1v) is 11.3. The van der Waals surface area contributed by atoms with Crippen molar-refractivity contribution in [3.8, 4) is 11.6 Å². The van der Waals surface area contributed by atoms with Gasteiger partial charge in [0.25, 0.3) is 11.8 Å². The van der Waals surface area contributed by atoms with Gasteiger partial charge in [-0.25, -0.2) is 15.0 Å². The van der Waals surface area contributed by atoms with Crippen LogP contribution in [-0.4, -0.2) is 60.6 Å². The van der Waals surface area contributed by atoms with E-state index in [9.17, 15) is 9.90 Å². The van der Waals surface area contributed by atoms with E-state index < -0.39 is 11.3 Å². The highest BCUT2D eigenvalue weighted by Crippen LogP contribution is 2.36. The number of aliphatic hydroxyl groups is 1. The normalized spacial score (nSPS) is 21.7. The fourth-order valence-electron chi connectivity index (χ4n) is 3.83. The molecule has 2 aliphatic rings. The molecule has 2 aliphatic heterocycles. The zero-order valence-electron chi connectivity index (χ0n) is 20.4. The summed E-state index contributed by atoms with van der Waals surface area (Å²) in [5.74, 6) is 1.22. The number of carbonyl (C=O) groups is 1. The van der Waals surface area contributed by atoms with Crippen LogP contribution < -0.4 is 5.73 Å². The number of amides is 1. The SMILES string of the molecule is CC(C)(O)C(=O)N1CCC(C2=NC(C)(c3cnc(N)c(-c4nnc(C(C)(C)C)o4)n3)N=N2)CC1. The van der Waals surface area contributed by atoms with Gasteiger partial charge < -0.3 is 20.2 Å². The summed E-state index contributed by atoms with van der Waals surface area (Å²) in [5.41, 5.74) is 4.03. The summed E-state index contributed by atoms with van der Waals surface area (Å²) in [4.78, 5) is 27.6. The predicted molar refractivity (Wildman–Crippen MR) is 124 cm³/mol. The number of carbonyl (C=O) groups excluding carboxylic acids is 1. The van der Waals surface area contributed by atoms with Gasteiger partial charge in [0.2, 0.25) is 11.6 Å². The number of hydrogen-bond donors (Lipinski definition) is 2. The van der Waals surface area contributed by atoms with Crippen molar-refractivity contribution in [2.45, 2.75) is 71.1 Å². The molecule has 0 saturated carbocycles. The Balaban J connectivity index is 1.53. The van der Waals surface area contributed by atoms with Crippen molar-refractivity contribution in [3.63, 3.8) is 0 Å². The zero-order valence-corrected chi connectivity index (χ0v) is 20.4. The lowest BCUT2D eigenvalue weighted by Crippen LogP contribution is -2.49. The lowest BCUT2D eigenvalue weighted by atomic mass is 9.94. The fraction of sp³-hybridized carbons (Fsp3) is 0.636. The van der Waals surface area contributed by atoms with E-state index in [1.54, 1.807) is 11.8 Å². The third-order valence-electron chi connectivity index (χ3n) is 5.91. The molecule has 1 atom stereocenters. The van der Waals surface area contributed by atoms with Gasteiger partial charge in [-0.3, -0.25) is 4.79 Å². The van der Waals surface area contributed by atoms with Crippen LogP contribution in [-0.2, 0) is 15.9 Å². The van der Waals surface area contributed by atoms with Crippen LogP contribution in [0.5, 0.6) is 0 Å². The van der Waals surface area contributed by atoms with E-state index in [-0.39, 0.29) is 34.6 Å². The summed E-state index contributed by atoms with van der Waals surface area (Å²) in [5, 5.41) is 26.9. The fourth-order valence-corrected chi connectivity index (χ4v) is 3.83. The lowest BCUT2D eigenvalue weighted by molar-refractivity contribution is -0.149. The first kappa shape index (κ1) is 23.9. The molecule has 0 aliphatic carbocycles. The average Bonchev–Trinajstić information content (AvgIpc) is 3.41. The van der Waals surface area contributed by atoms with Crippen LogP contribution in [0.2, 0.25) is 0 Å². The average molecular weight is 470 g/mol. The largest absolute Gasteiger partial charge is 0.419 e. The van der Waals surface area contributed by atoms with Crippen molar-refractivity contribution >= 4 is 17.6 Å². The quantitative estimate of drug-likeness (QED) is 0.688. The van der Waals surface area contributed by atoms with Gasteiger partial charge in [-0.05, 0) is 33.6 Å². The molecule has 0 spiro atoms. The van der Waals surface area contributed by atoms with Crippen LogP contribution in [0, 0.1) is 5.92 Å². The van der Waals surface area contributed by atoms with Crippen LogP contribution >= 0.6 is 0 Å². The third kappa shape index (κ3) is 4.54. The first-order chi connectivity index (χ1) is 15.8. The molecule has 182 valence electrons. The highest BCUT2D eigenvalue weighted by molar-refractivity contribution is 5.88. The van der Waals surface area contributed by atoms with Crippen LogP contribution in [0.4, 0.5) is 5.82 Å². The number of rotatable bonds is 4. The molecule has 34 heavy (non-hydrogen) atoms. The number of azo groups is 1.